The van der Waals surface area contributed by atoms with Gasteiger partial charge in [-0.15, -0.1) is 0 Å². The molecule has 1 aromatic heterocycles. The van der Waals surface area contributed by atoms with Gasteiger partial charge in [-0.1, -0.05) is 0 Å². The average molecular weight is 272 g/mol. The number of anilines is 1. The highest BCUT2D eigenvalue weighted by Gasteiger charge is 2.24. The van der Waals surface area contributed by atoms with E-state index in [2.05, 4.69) is 9.97 Å². The Hall–Kier alpha value is -1.41. The predicted molar refractivity (Wildman–Crippen MR) is 67.2 cm³/mol. The normalized spacial score (nSPS) is 17.8. The number of methoxy groups -OCH3 is 1. The van der Waals surface area contributed by atoms with Gasteiger partial charge < -0.3 is 9.64 Å². The topological polar surface area (TPSA) is 75.6 Å². The van der Waals surface area contributed by atoms with Gasteiger partial charge in [0.2, 0.25) is 21.9 Å². The molecule has 8 heteroatoms. The molecular weight excluding hydrogens is 256 g/mol. The van der Waals surface area contributed by atoms with E-state index in [0.29, 0.717) is 38.0 Å². The molecule has 0 amide bonds. The zero-order chi connectivity index (χ0) is 13.2. The Morgan fingerprint density at radius 3 is 2.50 bits per heavy atom. The van der Waals surface area contributed by atoms with Gasteiger partial charge in [0.05, 0.1) is 13.4 Å². The molecule has 0 aromatic carbocycles. The first-order valence-electron chi connectivity index (χ1n) is 5.58. The van der Waals surface area contributed by atoms with E-state index in [1.54, 1.807) is 19.4 Å². The van der Waals surface area contributed by atoms with E-state index in [4.69, 9.17) is 4.74 Å². The smallest absolute Gasteiger partial charge is 0.228 e. The number of rotatable bonds is 3. The van der Waals surface area contributed by atoms with E-state index in [9.17, 15) is 8.42 Å². The zero-order valence-corrected chi connectivity index (χ0v) is 11.2. The molecule has 0 radical (unpaired) electrons. The molecule has 0 bridgehead atoms. The summed E-state index contributed by atoms with van der Waals surface area (Å²) in [5.74, 6) is 1.08. The molecule has 1 aliphatic heterocycles. The molecule has 1 saturated heterocycles. The molecule has 2 heterocycles. The molecule has 100 valence electrons. The maximum Gasteiger partial charge on any atom is 0.228 e. The van der Waals surface area contributed by atoms with Gasteiger partial charge in [-0.25, -0.2) is 13.4 Å². The molecule has 0 saturated carbocycles. The molecule has 1 aliphatic rings. The van der Waals surface area contributed by atoms with Crippen LogP contribution in [-0.2, 0) is 10.0 Å². The van der Waals surface area contributed by atoms with Crippen molar-refractivity contribution < 1.29 is 13.2 Å². The van der Waals surface area contributed by atoms with Gasteiger partial charge in [0.15, 0.2) is 0 Å². The second-order valence-corrected chi connectivity index (χ2v) is 6.03. The summed E-state index contributed by atoms with van der Waals surface area (Å²) in [6.07, 6.45) is 2.86. The van der Waals surface area contributed by atoms with E-state index >= 15 is 0 Å². The minimum Gasteiger partial charge on any atom is -0.481 e. The standard InChI is InChI=1S/C10H16N4O3S/c1-17-9-3-4-11-10(12-9)13-5-7-14(8-6-13)18(2,15)16/h3-4H,5-8H2,1-2H3. The Balaban J connectivity index is 2.05. The van der Waals surface area contributed by atoms with E-state index in [0.717, 1.165) is 0 Å². The van der Waals surface area contributed by atoms with Crippen LogP contribution in [0.1, 0.15) is 0 Å². The van der Waals surface area contributed by atoms with E-state index in [1.165, 1.54) is 10.6 Å². The molecule has 1 fully saturated rings. The van der Waals surface area contributed by atoms with Crippen molar-refractivity contribution in [1.29, 1.82) is 0 Å². The van der Waals surface area contributed by atoms with Crippen LogP contribution in [0, 0.1) is 0 Å². The molecular formula is C10H16N4O3S. The van der Waals surface area contributed by atoms with Crippen LogP contribution in [0.15, 0.2) is 12.3 Å². The SMILES string of the molecule is COc1ccnc(N2CCN(S(C)(=O)=O)CC2)n1. The lowest BCUT2D eigenvalue weighted by atomic mass is 10.4. The minimum absolute atomic E-state index is 0.458. The second-order valence-electron chi connectivity index (χ2n) is 4.05. The van der Waals surface area contributed by atoms with Crippen molar-refractivity contribution in [2.75, 3.05) is 44.4 Å². The third-order valence-corrected chi connectivity index (χ3v) is 4.12. The molecule has 0 aliphatic carbocycles. The number of hydrogen-bond donors (Lipinski definition) is 0. The van der Waals surface area contributed by atoms with Crippen molar-refractivity contribution in [2.24, 2.45) is 0 Å². The summed E-state index contributed by atoms with van der Waals surface area (Å²) in [6.45, 7) is 2.08. The van der Waals surface area contributed by atoms with Crippen LogP contribution < -0.4 is 9.64 Å². The van der Waals surface area contributed by atoms with Gasteiger partial charge in [-0.05, 0) is 0 Å². The summed E-state index contributed by atoms with van der Waals surface area (Å²) < 4.78 is 29.3. The predicted octanol–water partition coefficient (Wildman–Crippen LogP) is -0.433. The number of piperazine rings is 1. The molecule has 7 nitrogen and oxygen atoms in total. The monoisotopic (exact) mass is 272 g/mol. The molecule has 0 unspecified atom stereocenters. The van der Waals surface area contributed by atoms with Gasteiger partial charge in [-0.2, -0.15) is 9.29 Å². The molecule has 1 aromatic rings. The lowest BCUT2D eigenvalue weighted by Crippen LogP contribution is -2.48. The van der Waals surface area contributed by atoms with Gasteiger partial charge >= 0.3 is 0 Å². The summed E-state index contributed by atoms with van der Waals surface area (Å²) in [5, 5.41) is 0. The molecule has 18 heavy (non-hydrogen) atoms. The lowest BCUT2D eigenvalue weighted by molar-refractivity contribution is 0.379. The van der Waals surface area contributed by atoms with Gasteiger partial charge in [0.1, 0.15) is 0 Å². The third-order valence-electron chi connectivity index (χ3n) is 2.82. The van der Waals surface area contributed by atoms with Crippen LogP contribution in [0.3, 0.4) is 0 Å². The number of sulfonamides is 1. The van der Waals surface area contributed by atoms with Gasteiger partial charge in [-0.3, -0.25) is 0 Å². The van der Waals surface area contributed by atoms with Crippen LogP contribution in [0.5, 0.6) is 5.88 Å². The third kappa shape index (κ3) is 2.88. The summed E-state index contributed by atoms with van der Waals surface area (Å²) in [7, 11) is -1.55. The lowest BCUT2D eigenvalue weighted by Gasteiger charge is -2.33. The first-order valence-corrected chi connectivity index (χ1v) is 7.42. The van der Waals surface area contributed by atoms with Gasteiger partial charge in [0, 0.05) is 38.4 Å². The van der Waals surface area contributed by atoms with Gasteiger partial charge in [0.25, 0.3) is 0 Å². The fourth-order valence-corrected chi connectivity index (χ4v) is 2.64. The quantitative estimate of drug-likeness (QED) is 0.743. The van der Waals surface area contributed by atoms with Crippen molar-refractivity contribution in [1.82, 2.24) is 14.3 Å². The van der Waals surface area contributed by atoms with Crippen LogP contribution in [0.4, 0.5) is 5.95 Å². The Bertz CT molecular complexity index is 512. The highest BCUT2D eigenvalue weighted by Crippen LogP contribution is 2.15. The van der Waals surface area contributed by atoms with Crippen molar-refractivity contribution >= 4 is 16.0 Å². The molecule has 0 spiro atoms. The highest BCUT2D eigenvalue weighted by molar-refractivity contribution is 7.88. The fourth-order valence-electron chi connectivity index (χ4n) is 1.82. The molecule has 0 N–H and O–H groups in total. The number of ether oxygens (including phenoxy) is 1. The summed E-state index contributed by atoms with van der Waals surface area (Å²) in [5.41, 5.74) is 0. The van der Waals surface area contributed by atoms with Crippen molar-refractivity contribution in [3.05, 3.63) is 12.3 Å². The van der Waals surface area contributed by atoms with E-state index < -0.39 is 10.0 Å². The Kier molecular flexibility index (Phi) is 3.67. The minimum atomic E-state index is -3.10. The number of aromatic nitrogens is 2. The van der Waals surface area contributed by atoms with Crippen LogP contribution in [-0.4, -0.2) is 62.2 Å². The average Bonchev–Trinajstić information content (AvgIpc) is 2.38. The van der Waals surface area contributed by atoms with Crippen molar-refractivity contribution in [2.45, 2.75) is 0 Å². The first-order chi connectivity index (χ1) is 8.50. The van der Waals surface area contributed by atoms with Crippen LogP contribution >= 0.6 is 0 Å². The second kappa shape index (κ2) is 5.07. The fraction of sp³-hybridized carbons (Fsp3) is 0.600. The maximum atomic E-state index is 11.4. The Morgan fingerprint density at radius 2 is 1.94 bits per heavy atom. The maximum absolute atomic E-state index is 11.4. The largest absolute Gasteiger partial charge is 0.481 e. The summed E-state index contributed by atoms with van der Waals surface area (Å²) >= 11 is 0. The number of nitrogens with zero attached hydrogens (tertiary/aromatic N) is 4. The van der Waals surface area contributed by atoms with E-state index in [1.807, 2.05) is 4.90 Å². The van der Waals surface area contributed by atoms with Crippen molar-refractivity contribution in [3.63, 3.8) is 0 Å². The summed E-state index contributed by atoms with van der Waals surface area (Å²) in [6, 6.07) is 1.68. The molecule has 2 rings (SSSR count). The van der Waals surface area contributed by atoms with E-state index in [-0.39, 0.29) is 0 Å². The first kappa shape index (κ1) is 13.0. The van der Waals surface area contributed by atoms with Crippen molar-refractivity contribution in [3.8, 4) is 5.88 Å². The number of hydrogen-bond acceptors (Lipinski definition) is 6. The Morgan fingerprint density at radius 1 is 1.28 bits per heavy atom. The molecule has 0 atom stereocenters. The summed E-state index contributed by atoms with van der Waals surface area (Å²) in [4.78, 5) is 10.3. The highest BCUT2D eigenvalue weighted by atomic mass is 32.2. The Labute approximate surface area is 106 Å². The van der Waals surface area contributed by atoms with Crippen LogP contribution in [0.25, 0.3) is 0 Å². The zero-order valence-electron chi connectivity index (χ0n) is 10.4. The van der Waals surface area contributed by atoms with Crippen LogP contribution in [0.2, 0.25) is 0 Å².